The number of fused-ring (bicyclic) bond motifs is 1. The number of benzene rings is 1. The first-order valence-corrected chi connectivity index (χ1v) is 4.62. The van der Waals surface area contributed by atoms with E-state index < -0.39 is 0 Å². The third-order valence-corrected chi connectivity index (χ3v) is 2.56. The number of methoxy groups -OCH3 is 1. The summed E-state index contributed by atoms with van der Waals surface area (Å²) in [7, 11) is 1.69. The fraction of sp³-hybridized carbons (Fsp3) is 0.455. The molecule has 1 aliphatic rings. The van der Waals surface area contributed by atoms with E-state index in [-0.39, 0.29) is 0 Å². The smallest absolute Gasteiger partial charge is 0.123 e. The molecule has 0 saturated heterocycles. The zero-order valence-electron chi connectivity index (χ0n) is 8.04. The minimum Gasteiger partial charge on any atom is -0.497 e. The summed E-state index contributed by atoms with van der Waals surface area (Å²) in [5, 5.41) is 0. The summed E-state index contributed by atoms with van der Waals surface area (Å²) in [4.78, 5) is 0. The highest BCUT2D eigenvalue weighted by Crippen LogP contribution is 2.35. The van der Waals surface area contributed by atoms with Crippen LogP contribution in [0.2, 0.25) is 0 Å². The van der Waals surface area contributed by atoms with Gasteiger partial charge in [-0.3, -0.25) is 0 Å². The zero-order valence-corrected chi connectivity index (χ0v) is 8.04. The lowest BCUT2D eigenvalue weighted by molar-refractivity contribution is 0.271. The van der Waals surface area contributed by atoms with Crippen LogP contribution >= 0.6 is 0 Å². The first kappa shape index (κ1) is 8.42. The Labute approximate surface area is 78.5 Å². The molecule has 0 amide bonds. The minimum absolute atomic E-state index is 0.582. The zero-order chi connectivity index (χ0) is 9.26. The van der Waals surface area contributed by atoms with Crippen molar-refractivity contribution in [2.24, 2.45) is 0 Å². The van der Waals surface area contributed by atoms with Crippen LogP contribution in [0.3, 0.4) is 0 Å². The predicted octanol–water partition coefficient (Wildman–Crippen LogP) is 2.58. The van der Waals surface area contributed by atoms with Crippen molar-refractivity contribution in [3.63, 3.8) is 0 Å². The fourth-order valence-electron chi connectivity index (χ4n) is 1.67. The summed E-state index contributed by atoms with van der Waals surface area (Å²) in [5.74, 6) is 2.51. The van der Waals surface area contributed by atoms with Crippen LogP contribution in [0.15, 0.2) is 18.2 Å². The van der Waals surface area contributed by atoms with E-state index in [0.29, 0.717) is 5.92 Å². The highest BCUT2D eigenvalue weighted by Gasteiger charge is 2.17. The van der Waals surface area contributed by atoms with Gasteiger partial charge in [0.15, 0.2) is 0 Å². The summed E-state index contributed by atoms with van der Waals surface area (Å²) >= 11 is 0. The molecule has 1 aromatic rings. The molecule has 70 valence electrons. The molecular weight excluding hydrogens is 164 g/mol. The second kappa shape index (κ2) is 3.29. The van der Waals surface area contributed by atoms with E-state index in [1.165, 1.54) is 5.56 Å². The molecule has 1 aromatic carbocycles. The number of hydrogen-bond donors (Lipinski definition) is 0. The first-order valence-electron chi connectivity index (χ1n) is 4.62. The third kappa shape index (κ3) is 1.48. The van der Waals surface area contributed by atoms with Gasteiger partial charge in [-0.15, -0.1) is 0 Å². The molecule has 0 fully saturated rings. The van der Waals surface area contributed by atoms with Crippen LogP contribution in [-0.4, -0.2) is 13.7 Å². The van der Waals surface area contributed by atoms with Gasteiger partial charge in [0.05, 0.1) is 13.7 Å². The Balaban J connectivity index is 2.41. The highest BCUT2D eigenvalue weighted by molar-refractivity contribution is 5.43. The normalized spacial score (nSPS) is 20.3. The molecule has 1 heterocycles. The summed E-state index contributed by atoms with van der Waals surface area (Å²) in [5.41, 5.74) is 1.27. The van der Waals surface area contributed by atoms with Gasteiger partial charge in [0.1, 0.15) is 11.5 Å². The van der Waals surface area contributed by atoms with Crippen LogP contribution < -0.4 is 9.47 Å². The van der Waals surface area contributed by atoms with Crippen molar-refractivity contribution in [1.29, 1.82) is 0 Å². The molecule has 0 saturated carbocycles. The van der Waals surface area contributed by atoms with Gasteiger partial charge in [0.2, 0.25) is 0 Å². The van der Waals surface area contributed by atoms with Crippen molar-refractivity contribution in [2.75, 3.05) is 13.7 Å². The second-order valence-corrected chi connectivity index (χ2v) is 3.44. The van der Waals surface area contributed by atoms with Gasteiger partial charge in [0.25, 0.3) is 0 Å². The largest absolute Gasteiger partial charge is 0.497 e. The SMILES string of the molecule is COc1ccc2c(c1)[C@@H](C)CCO2. The summed E-state index contributed by atoms with van der Waals surface area (Å²) in [6.45, 7) is 3.06. The fourth-order valence-corrected chi connectivity index (χ4v) is 1.67. The highest BCUT2D eigenvalue weighted by atomic mass is 16.5. The van der Waals surface area contributed by atoms with Gasteiger partial charge in [-0.2, -0.15) is 0 Å². The van der Waals surface area contributed by atoms with Crippen LogP contribution in [0.4, 0.5) is 0 Å². The van der Waals surface area contributed by atoms with Gasteiger partial charge in [-0.05, 0) is 30.5 Å². The average Bonchev–Trinajstić information content (AvgIpc) is 2.18. The van der Waals surface area contributed by atoms with Gasteiger partial charge < -0.3 is 9.47 Å². The summed E-state index contributed by atoms with van der Waals surface area (Å²) in [6.07, 6.45) is 1.10. The van der Waals surface area contributed by atoms with Crippen LogP contribution in [0, 0.1) is 0 Å². The van der Waals surface area contributed by atoms with E-state index in [1.807, 2.05) is 12.1 Å². The molecule has 1 aliphatic heterocycles. The van der Waals surface area contributed by atoms with Gasteiger partial charge in [-0.1, -0.05) is 6.92 Å². The van der Waals surface area contributed by atoms with Crippen molar-refractivity contribution >= 4 is 0 Å². The van der Waals surface area contributed by atoms with Crippen LogP contribution in [0.1, 0.15) is 24.8 Å². The molecule has 1 atom stereocenters. The Morgan fingerprint density at radius 2 is 2.31 bits per heavy atom. The minimum atomic E-state index is 0.582. The van der Waals surface area contributed by atoms with Crippen molar-refractivity contribution in [3.8, 4) is 11.5 Å². The van der Waals surface area contributed by atoms with Crippen molar-refractivity contribution in [3.05, 3.63) is 23.8 Å². The Bertz CT molecular complexity index is 307. The van der Waals surface area contributed by atoms with Crippen LogP contribution in [0.5, 0.6) is 11.5 Å². The topological polar surface area (TPSA) is 18.5 Å². The Morgan fingerprint density at radius 3 is 3.08 bits per heavy atom. The molecule has 0 bridgehead atoms. The van der Waals surface area contributed by atoms with E-state index in [4.69, 9.17) is 9.47 Å². The van der Waals surface area contributed by atoms with E-state index >= 15 is 0 Å². The molecule has 0 radical (unpaired) electrons. The van der Waals surface area contributed by atoms with E-state index in [9.17, 15) is 0 Å². The van der Waals surface area contributed by atoms with Gasteiger partial charge >= 0.3 is 0 Å². The maximum atomic E-state index is 5.54. The predicted molar refractivity (Wildman–Crippen MR) is 51.5 cm³/mol. The lowest BCUT2D eigenvalue weighted by atomic mass is 9.95. The molecule has 0 unspecified atom stereocenters. The second-order valence-electron chi connectivity index (χ2n) is 3.44. The molecule has 0 aliphatic carbocycles. The maximum Gasteiger partial charge on any atom is 0.123 e. The van der Waals surface area contributed by atoms with Crippen molar-refractivity contribution < 1.29 is 9.47 Å². The number of ether oxygens (including phenoxy) is 2. The van der Waals surface area contributed by atoms with Gasteiger partial charge in [-0.25, -0.2) is 0 Å². The van der Waals surface area contributed by atoms with Crippen LogP contribution in [0.25, 0.3) is 0 Å². The lowest BCUT2D eigenvalue weighted by Gasteiger charge is -2.23. The third-order valence-electron chi connectivity index (χ3n) is 2.56. The Hall–Kier alpha value is -1.18. The van der Waals surface area contributed by atoms with E-state index in [0.717, 1.165) is 24.5 Å². The number of hydrogen-bond acceptors (Lipinski definition) is 2. The molecular formula is C11H14O2. The Kier molecular flexibility index (Phi) is 2.13. The van der Waals surface area contributed by atoms with Gasteiger partial charge in [0, 0.05) is 5.56 Å². The summed E-state index contributed by atoms with van der Waals surface area (Å²) < 4.78 is 10.7. The Morgan fingerprint density at radius 1 is 1.46 bits per heavy atom. The van der Waals surface area contributed by atoms with Crippen molar-refractivity contribution in [2.45, 2.75) is 19.3 Å². The standard InChI is InChI=1S/C11H14O2/c1-8-5-6-13-11-4-3-9(12-2)7-10(8)11/h3-4,7-8H,5-6H2,1-2H3/t8-/m0/s1. The monoisotopic (exact) mass is 178 g/mol. The molecule has 2 rings (SSSR count). The van der Waals surface area contributed by atoms with E-state index in [2.05, 4.69) is 13.0 Å². The first-order chi connectivity index (χ1) is 6.31. The lowest BCUT2D eigenvalue weighted by Crippen LogP contribution is -2.11. The molecule has 2 heteroatoms. The van der Waals surface area contributed by atoms with Crippen LogP contribution in [-0.2, 0) is 0 Å². The summed E-state index contributed by atoms with van der Waals surface area (Å²) in [6, 6.07) is 6.00. The molecule has 2 nitrogen and oxygen atoms in total. The quantitative estimate of drug-likeness (QED) is 0.658. The average molecular weight is 178 g/mol. The maximum absolute atomic E-state index is 5.54. The number of rotatable bonds is 1. The molecule has 0 aromatic heterocycles. The van der Waals surface area contributed by atoms with Crippen molar-refractivity contribution in [1.82, 2.24) is 0 Å². The molecule has 0 spiro atoms. The van der Waals surface area contributed by atoms with E-state index in [1.54, 1.807) is 7.11 Å². The molecule has 13 heavy (non-hydrogen) atoms. The molecule has 0 N–H and O–H groups in total.